The molecule has 0 saturated carbocycles. The molecule has 0 aliphatic heterocycles. The molecule has 0 bridgehead atoms. The molecule has 228 valence electrons. The lowest BCUT2D eigenvalue weighted by Gasteiger charge is -2.21. The molecular weight excluding hydrogens is 486 g/mol. The third-order valence-electron chi connectivity index (χ3n) is 7.20. The molecule has 0 heterocycles. The van der Waals surface area contributed by atoms with Gasteiger partial charge in [0.15, 0.2) is 0 Å². The summed E-state index contributed by atoms with van der Waals surface area (Å²) in [5.74, 6) is -0.523. The molecule has 0 aliphatic rings. The van der Waals surface area contributed by atoms with E-state index in [4.69, 9.17) is 0 Å². The van der Waals surface area contributed by atoms with Gasteiger partial charge in [-0.1, -0.05) is 127 Å². The second-order valence-electron chi connectivity index (χ2n) is 11.0. The van der Waals surface area contributed by atoms with Crippen LogP contribution in [0, 0.1) is 0 Å². The van der Waals surface area contributed by atoms with E-state index in [0.717, 1.165) is 44.9 Å². The number of nitrogens with one attached hydrogen (secondary N) is 1. The smallest absolute Gasteiger partial charge is 0.249 e. The number of hydrogen-bond acceptors (Lipinski definition) is 4. The quantitative estimate of drug-likeness (QED) is 0.0586. The van der Waals surface area contributed by atoms with Crippen molar-refractivity contribution in [2.24, 2.45) is 0 Å². The Morgan fingerprint density at radius 1 is 0.615 bits per heavy atom. The summed E-state index contributed by atoms with van der Waals surface area (Å²) in [5.41, 5.74) is 0. The van der Waals surface area contributed by atoms with Crippen LogP contribution in [0.25, 0.3) is 0 Å². The first-order valence-electron chi connectivity index (χ1n) is 16.3. The lowest BCUT2D eigenvalue weighted by Crippen LogP contribution is -2.48. The predicted molar refractivity (Wildman–Crippen MR) is 167 cm³/mol. The molecule has 0 spiro atoms. The van der Waals surface area contributed by atoms with Crippen molar-refractivity contribution < 1.29 is 20.1 Å². The van der Waals surface area contributed by atoms with Crippen LogP contribution in [0.5, 0.6) is 0 Å². The Hall–Kier alpha value is -1.43. The summed E-state index contributed by atoms with van der Waals surface area (Å²) >= 11 is 0. The summed E-state index contributed by atoms with van der Waals surface area (Å²) in [7, 11) is 0. The second kappa shape index (κ2) is 29.6. The number of amides is 1. The van der Waals surface area contributed by atoms with E-state index < -0.39 is 24.2 Å². The SMILES string of the molecule is CCCCCC/C=C\CCCCCCCCC(O)C(=O)NC(CO)C(O)/C=C/CC/C=C/CCCCCCC. The first kappa shape index (κ1) is 37.6. The lowest BCUT2D eigenvalue weighted by atomic mass is 10.0. The van der Waals surface area contributed by atoms with Crippen LogP contribution >= 0.6 is 0 Å². The maximum absolute atomic E-state index is 12.3. The molecule has 0 aromatic rings. The number of carbonyl (C=O) groups is 1. The van der Waals surface area contributed by atoms with Crippen molar-refractivity contribution >= 4 is 5.91 Å². The van der Waals surface area contributed by atoms with E-state index in [-0.39, 0.29) is 6.61 Å². The molecule has 1 amide bonds. The summed E-state index contributed by atoms with van der Waals surface area (Å²) in [4.78, 5) is 12.3. The van der Waals surface area contributed by atoms with Crippen LogP contribution in [-0.4, -0.2) is 46.1 Å². The third kappa shape index (κ3) is 25.3. The van der Waals surface area contributed by atoms with Crippen molar-refractivity contribution in [1.29, 1.82) is 0 Å². The largest absolute Gasteiger partial charge is 0.394 e. The van der Waals surface area contributed by atoms with Gasteiger partial charge in [-0.2, -0.15) is 0 Å². The number of rotatable bonds is 28. The fourth-order valence-electron chi connectivity index (χ4n) is 4.54. The van der Waals surface area contributed by atoms with E-state index >= 15 is 0 Å². The minimum atomic E-state index is -1.11. The summed E-state index contributed by atoms with van der Waals surface area (Å²) < 4.78 is 0. The van der Waals surface area contributed by atoms with Crippen molar-refractivity contribution in [3.8, 4) is 0 Å². The van der Waals surface area contributed by atoms with Crippen LogP contribution in [0.2, 0.25) is 0 Å². The van der Waals surface area contributed by atoms with E-state index in [9.17, 15) is 20.1 Å². The Morgan fingerprint density at radius 2 is 1.05 bits per heavy atom. The van der Waals surface area contributed by atoms with Crippen LogP contribution < -0.4 is 5.32 Å². The topological polar surface area (TPSA) is 89.8 Å². The molecule has 3 unspecified atom stereocenters. The van der Waals surface area contributed by atoms with Crippen molar-refractivity contribution in [2.45, 2.75) is 167 Å². The summed E-state index contributed by atoms with van der Waals surface area (Å²) in [6.45, 7) is 4.09. The molecule has 5 heteroatoms. The molecular formula is C34H63NO4. The lowest BCUT2D eigenvalue weighted by molar-refractivity contribution is -0.131. The van der Waals surface area contributed by atoms with Crippen molar-refractivity contribution in [3.63, 3.8) is 0 Å². The highest BCUT2D eigenvalue weighted by Gasteiger charge is 2.22. The number of carbonyl (C=O) groups excluding carboxylic acids is 1. The minimum Gasteiger partial charge on any atom is -0.394 e. The van der Waals surface area contributed by atoms with Crippen molar-refractivity contribution in [2.75, 3.05) is 6.61 Å². The highest BCUT2D eigenvalue weighted by Crippen LogP contribution is 2.12. The Morgan fingerprint density at radius 3 is 1.59 bits per heavy atom. The maximum Gasteiger partial charge on any atom is 0.249 e. The van der Waals surface area contributed by atoms with Gasteiger partial charge in [-0.15, -0.1) is 0 Å². The van der Waals surface area contributed by atoms with Crippen molar-refractivity contribution in [1.82, 2.24) is 5.32 Å². The molecule has 5 nitrogen and oxygen atoms in total. The average molecular weight is 550 g/mol. The standard InChI is InChI=1S/C34H63NO4/c1-3-5-7-9-11-13-15-16-17-19-21-23-25-27-29-33(38)34(39)35-31(30-36)32(37)28-26-24-22-20-18-14-12-10-8-6-4-2/h13,15,18,20,26,28,31-33,36-38H,3-12,14,16-17,19,21-25,27,29-30H2,1-2H3,(H,35,39)/b15-13-,20-18+,28-26+. The zero-order valence-electron chi connectivity index (χ0n) is 25.5. The van der Waals surface area contributed by atoms with Crippen LogP contribution in [-0.2, 0) is 4.79 Å². The summed E-state index contributed by atoms with van der Waals surface area (Å²) in [5, 5.41) is 32.7. The molecule has 0 aliphatic carbocycles. The van der Waals surface area contributed by atoms with Gasteiger partial charge in [-0.3, -0.25) is 4.79 Å². The minimum absolute atomic E-state index is 0.379. The van der Waals surface area contributed by atoms with Crippen LogP contribution in [0.4, 0.5) is 0 Å². The van der Waals surface area contributed by atoms with Crippen LogP contribution in [0.3, 0.4) is 0 Å². The number of allylic oxidation sites excluding steroid dienone is 5. The predicted octanol–water partition coefficient (Wildman–Crippen LogP) is 8.09. The Kier molecular flexibility index (Phi) is 28.5. The molecule has 0 aromatic carbocycles. The summed E-state index contributed by atoms with van der Waals surface area (Å²) in [6.07, 6.45) is 34.4. The van der Waals surface area contributed by atoms with Gasteiger partial charge in [0.05, 0.1) is 18.8 Å². The molecule has 0 radical (unpaired) electrons. The van der Waals surface area contributed by atoms with E-state index in [1.165, 1.54) is 83.5 Å². The van der Waals surface area contributed by atoms with Gasteiger partial charge in [-0.05, 0) is 57.8 Å². The number of aliphatic hydroxyl groups excluding tert-OH is 3. The number of aliphatic hydroxyl groups is 3. The molecule has 3 atom stereocenters. The van der Waals surface area contributed by atoms with Crippen LogP contribution in [0.15, 0.2) is 36.5 Å². The fourth-order valence-corrected chi connectivity index (χ4v) is 4.54. The molecule has 0 rings (SSSR count). The Labute approximate surface area is 241 Å². The maximum atomic E-state index is 12.3. The van der Waals surface area contributed by atoms with Gasteiger partial charge in [0, 0.05) is 0 Å². The van der Waals surface area contributed by atoms with Gasteiger partial charge in [0.25, 0.3) is 0 Å². The van der Waals surface area contributed by atoms with Gasteiger partial charge >= 0.3 is 0 Å². The monoisotopic (exact) mass is 549 g/mol. The molecule has 4 N–H and O–H groups in total. The highest BCUT2D eigenvalue weighted by molar-refractivity contribution is 5.80. The Bertz CT molecular complexity index is 616. The molecule has 39 heavy (non-hydrogen) atoms. The van der Waals surface area contributed by atoms with E-state index in [0.29, 0.717) is 6.42 Å². The highest BCUT2D eigenvalue weighted by atomic mass is 16.3. The second-order valence-corrected chi connectivity index (χ2v) is 11.0. The zero-order valence-corrected chi connectivity index (χ0v) is 25.5. The van der Waals surface area contributed by atoms with E-state index in [1.54, 1.807) is 6.08 Å². The normalized spacial score (nSPS) is 14.5. The first-order chi connectivity index (χ1) is 19.1. The van der Waals surface area contributed by atoms with Crippen molar-refractivity contribution in [3.05, 3.63) is 36.5 Å². The van der Waals surface area contributed by atoms with E-state index in [1.807, 2.05) is 6.08 Å². The van der Waals surface area contributed by atoms with Crippen LogP contribution in [0.1, 0.15) is 149 Å². The number of unbranched alkanes of at least 4 members (excludes halogenated alkanes) is 16. The molecule has 0 saturated heterocycles. The van der Waals surface area contributed by atoms with Gasteiger partial charge in [0.1, 0.15) is 6.10 Å². The average Bonchev–Trinajstić information content (AvgIpc) is 2.94. The molecule has 0 aromatic heterocycles. The van der Waals surface area contributed by atoms with Gasteiger partial charge in [-0.25, -0.2) is 0 Å². The van der Waals surface area contributed by atoms with Gasteiger partial charge < -0.3 is 20.6 Å². The number of hydrogen-bond donors (Lipinski definition) is 4. The van der Waals surface area contributed by atoms with Gasteiger partial charge in [0.2, 0.25) is 5.91 Å². The molecule has 0 fully saturated rings. The summed E-state index contributed by atoms with van der Waals surface area (Å²) in [6, 6.07) is -0.813. The zero-order chi connectivity index (χ0) is 28.8. The Balaban J connectivity index is 3.86. The fraction of sp³-hybridized carbons (Fsp3) is 0.794. The van der Waals surface area contributed by atoms with E-state index in [2.05, 4.69) is 43.5 Å². The first-order valence-corrected chi connectivity index (χ1v) is 16.3. The third-order valence-corrected chi connectivity index (χ3v) is 7.20.